The number of aromatic hydroxyl groups is 3. The van der Waals surface area contributed by atoms with Gasteiger partial charge >= 0.3 is 58.2 Å². The molecule has 0 radical (unpaired) electrons. The summed E-state index contributed by atoms with van der Waals surface area (Å²) in [5, 5.41) is 62.0. The Morgan fingerprint density at radius 2 is 1.30 bits per heavy atom. The summed E-state index contributed by atoms with van der Waals surface area (Å²) in [5.41, 5.74) is 6.26. The van der Waals surface area contributed by atoms with Crippen LogP contribution >= 0.6 is 0 Å². The molecule has 7 amide bonds. The van der Waals surface area contributed by atoms with Gasteiger partial charge in [0.15, 0.2) is 11.5 Å². The second kappa shape index (κ2) is 26.0. The average Bonchev–Trinajstić information content (AvgIpc) is 3.50. The number of aryl methyl sites for hydroxylation is 2. The number of aliphatic hydroxyl groups is 1. The van der Waals surface area contributed by atoms with Crippen LogP contribution in [-0.2, 0) is 38.4 Å². The summed E-state index contributed by atoms with van der Waals surface area (Å²) in [6.07, 6.45) is -0.582. The van der Waals surface area contributed by atoms with Crippen molar-refractivity contribution >= 4 is 47.6 Å². The third-order valence-corrected chi connectivity index (χ3v) is 14.9. The Morgan fingerprint density at radius 1 is 0.723 bits per heavy atom. The van der Waals surface area contributed by atoms with Crippen LogP contribution < -0.4 is 110 Å². The van der Waals surface area contributed by atoms with E-state index in [1.807, 2.05) is 13.8 Å². The van der Waals surface area contributed by atoms with Crippen molar-refractivity contribution in [2.75, 3.05) is 21.2 Å². The van der Waals surface area contributed by atoms with Gasteiger partial charge in [0, 0.05) is 22.6 Å². The van der Waals surface area contributed by atoms with E-state index in [0.717, 1.165) is 12.1 Å². The zero-order valence-electron chi connectivity index (χ0n) is 47.4. The van der Waals surface area contributed by atoms with E-state index in [9.17, 15) is 49.2 Å². The van der Waals surface area contributed by atoms with Gasteiger partial charge in [-0.3, -0.25) is 38.5 Å². The number of hydrogen-bond donors (Lipinski definition) is 11. The molecule has 5 aromatic rings. The molecule has 10 rings (SSSR count). The number of nitrogens with zero attached hydrogens (tertiary/aromatic N) is 1. The maximum Gasteiger partial charge on any atom is 1.00 e. The first-order valence-corrected chi connectivity index (χ1v) is 26.3. The molecule has 5 aliphatic heterocycles. The number of nitrogens with two attached hydrogens (primary N) is 1. The molecule has 0 aromatic heterocycles. The molecule has 5 aromatic carbocycles. The van der Waals surface area contributed by atoms with Crippen LogP contribution in [0.2, 0.25) is 0 Å². The summed E-state index contributed by atoms with van der Waals surface area (Å²) in [7, 11) is 4.68. The van der Waals surface area contributed by atoms with E-state index in [4.69, 9.17) is 19.9 Å². The largest absolute Gasteiger partial charge is 1.00 e. The number of likely N-dealkylation sites (N-methyl/N-ethyl adjacent to an activating group) is 1. The van der Waals surface area contributed by atoms with E-state index in [1.165, 1.54) is 56.5 Å². The van der Waals surface area contributed by atoms with Crippen LogP contribution in [-0.4, -0.2) is 118 Å². The van der Waals surface area contributed by atoms with Gasteiger partial charge in [0.1, 0.15) is 65.1 Å². The van der Waals surface area contributed by atoms with Crippen LogP contribution in [0.4, 0.5) is 0 Å². The number of rotatable bonds is 9. The third-order valence-electron chi connectivity index (χ3n) is 14.9. The van der Waals surface area contributed by atoms with Crippen LogP contribution in [0, 0.1) is 26.7 Å². The minimum absolute atomic E-state index is 0. The number of aliphatic hydroxyl groups excluding tert-OH is 1. The van der Waals surface area contributed by atoms with Gasteiger partial charge in [0.2, 0.25) is 47.1 Å². The number of phenols is 3. The summed E-state index contributed by atoms with van der Waals surface area (Å²) in [6.45, 7) is 10.1. The van der Waals surface area contributed by atoms with Gasteiger partial charge in [0.25, 0.3) is 0 Å². The van der Waals surface area contributed by atoms with Crippen molar-refractivity contribution in [2.24, 2.45) is 11.7 Å². The van der Waals surface area contributed by atoms with E-state index in [-0.39, 0.29) is 132 Å². The zero-order valence-corrected chi connectivity index (χ0v) is 52.3. The van der Waals surface area contributed by atoms with E-state index in [1.54, 1.807) is 64.3 Å². The summed E-state index contributed by atoms with van der Waals surface area (Å²) in [4.78, 5) is 117. The van der Waals surface area contributed by atoms with Crippen LogP contribution in [0.5, 0.6) is 46.0 Å². The Morgan fingerprint density at radius 3 is 1.88 bits per heavy atom. The normalized spacial score (nSPS) is 22.0. The number of amides is 7. The second-order valence-electron chi connectivity index (χ2n) is 21.4. The summed E-state index contributed by atoms with van der Waals surface area (Å²) < 4.78 is 19.1. The molecule has 432 valence electrons. The first-order valence-electron chi connectivity index (χ1n) is 26.3. The SMILES string of the molecule is COc1c2cc3cc1Oc1ccc(cc1C)C(O)C(NC(=O)C(CC(C)C)N(C)C)C(=O)NC(CC(N)=O)C(=O)NC3C(=O)NC1C(=O)NC(C(=O)NC([C-]=O)c3cc(O)c(C)c(O)c3-c3cc1ccc3O)C(C)c1ccc(c(C)c1)O2.[Rb+]. The summed E-state index contributed by atoms with van der Waals surface area (Å²) in [5.74, 6) is -9.55. The van der Waals surface area contributed by atoms with E-state index in [0.29, 0.717) is 23.1 Å². The molecule has 9 atom stereocenters. The number of hydrogen-bond acceptors (Lipinski definition) is 16. The van der Waals surface area contributed by atoms with Crippen molar-refractivity contribution in [1.29, 1.82) is 0 Å². The molecule has 83 heavy (non-hydrogen) atoms. The van der Waals surface area contributed by atoms with Gasteiger partial charge in [-0.05, 0) is 141 Å². The van der Waals surface area contributed by atoms with Crippen LogP contribution in [0.3, 0.4) is 0 Å². The zero-order chi connectivity index (χ0) is 59.8. The minimum Gasteiger partial charge on any atom is -0.540 e. The number of ether oxygens (including phenoxy) is 3. The van der Waals surface area contributed by atoms with Crippen molar-refractivity contribution in [3.8, 4) is 57.1 Å². The molecule has 0 saturated heterocycles. The Hall–Kier alpha value is -7.41. The summed E-state index contributed by atoms with van der Waals surface area (Å²) in [6, 6.07) is 5.23. The van der Waals surface area contributed by atoms with Gasteiger partial charge in [-0.1, -0.05) is 45.0 Å². The topological polar surface area (TPSA) is 347 Å². The predicted octanol–water partition coefficient (Wildman–Crippen LogP) is 0.758. The molecule has 5 heterocycles. The standard InChI is InChI=1S/C59H65N8O15.Rb/c1-25(2)16-38(67(7)8)55(75)66-50-52(73)32-12-15-42(27(4)18-32)82-44-21-33-20-43(53(44)80-9)81-41-14-11-30(17-26(41)3)28(5)47-56(76)62-37(24-68)34-22-40(70)29(6)51(72)46(34)35-19-31(10-13-39(35)69)48(57(77)63-47)65-58(78)49(33)64-54(74)36(23-45(60)71)61-59(50)79;/h10-15,17-22,25,28,36-38,47-50,52,69-70,72-73H,16,23H2,1-9H3,(H2,60,71)(H,61,79)(H,62,76)(H,63,77)(H,64,74)(H,65,78)(H,66,75);/q-1;+1. The second-order valence-corrected chi connectivity index (χ2v) is 21.4. The van der Waals surface area contributed by atoms with Crippen molar-refractivity contribution in [3.63, 3.8) is 0 Å². The number of benzene rings is 5. The monoisotopic (exact) mass is 1210 g/mol. The smallest absolute Gasteiger partial charge is 0.540 e. The van der Waals surface area contributed by atoms with E-state index >= 15 is 9.59 Å². The fourth-order valence-electron chi connectivity index (χ4n) is 10.3. The molecular formula is C59H65N8O15Rb. The molecule has 12 N–H and O–H groups in total. The quantitative estimate of drug-likeness (QED) is 0.0908. The molecule has 23 nitrogen and oxygen atoms in total. The van der Waals surface area contributed by atoms with Gasteiger partial charge < -0.3 is 77.1 Å². The van der Waals surface area contributed by atoms with Crippen LogP contribution in [0.1, 0.15) is 108 Å². The van der Waals surface area contributed by atoms with E-state index in [2.05, 4.69) is 31.9 Å². The summed E-state index contributed by atoms with van der Waals surface area (Å²) >= 11 is 0. The first-order chi connectivity index (χ1) is 38.8. The molecule has 0 spiro atoms. The van der Waals surface area contributed by atoms with Crippen LogP contribution in [0.25, 0.3) is 11.1 Å². The van der Waals surface area contributed by atoms with Crippen molar-refractivity contribution < 1.29 is 131 Å². The number of carbonyl (C=O) groups excluding carboxylic acids is 8. The minimum atomic E-state index is -1.97. The molecule has 11 bridgehead atoms. The molecule has 0 saturated carbocycles. The fourth-order valence-corrected chi connectivity index (χ4v) is 10.3. The third kappa shape index (κ3) is 13.3. The van der Waals surface area contributed by atoms with Crippen LogP contribution in [0.15, 0.2) is 72.8 Å². The number of fused-ring (bicyclic) bond motifs is 15. The van der Waals surface area contributed by atoms with E-state index < -0.39 is 119 Å². The maximum absolute atomic E-state index is 15.6. The molecule has 9 unspecified atom stereocenters. The van der Waals surface area contributed by atoms with Gasteiger partial charge in [0.05, 0.1) is 19.6 Å². The Balaban J connectivity index is 0.00000990. The molecule has 5 aliphatic rings. The Labute approximate surface area is 527 Å². The Bertz CT molecular complexity index is 3430. The van der Waals surface area contributed by atoms with Crippen molar-refractivity contribution in [1.82, 2.24) is 36.8 Å². The molecular weight excluding hydrogens is 1150 g/mol. The first kappa shape index (κ1) is 63.2. The van der Waals surface area contributed by atoms with Gasteiger partial charge in [-0.2, -0.15) is 0 Å². The van der Waals surface area contributed by atoms with Crippen molar-refractivity contribution in [2.45, 2.75) is 109 Å². The molecule has 0 aliphatic carbocycles. The predicted molar refractivity (Wildman–Crippen MR) is 295 cm³/mol. The number of primary amides is 1. The number of methoxy groups -OCH3 is 1. The molecule has 0 fully saturated rings. The average molecular weight is 1210 g/mol. The number of nitrogens with one attached hydrogen (secondary N) is 6. The fraction of sp³-hybridized carbons (Fsp3) is 0.356. The molecule has 24 heteroatoms. The Kier molecular flexibility index (Phi) is 19.8. The van der Waals surface area contributed by atoms with Crippen molar-refractivity contribution in [3.05, 3.63) is 117 Å². The number of carbonyl (C=O) groups is 7. The maximum atomic E-state index is 15.6. The van der Waals surface area contributed by atoms with Gasteiger partial charge in [-0.25, -0.2) is 6.29 Å². The number of phenolic OH excluding ortho intramolecular Hbond substituents is 3. The van der Waals surface area contributed by atoms with Gasteiger partial charge in [-0.15, -0.1) is 0 Å².